The Balaban J connectivity index is 2.14. The number of nitrogens with one attached hydrogen (secondary N) is 1. The lowest BCUT2D eigenvalue weighted by Gasteiger charge is -2.13. The Labute approximate surface area is 125 Å². The van der Waals surface area contributed by atoms with E-state index in [-0.39, 0.29) is 0 Å². The van der Waals surface area contributed by atoms with E-state index in [1.54, 1.807) is 11.8 Å². The summed E-state index contributed by atoms with van der Waals surface area (Å²) in [6.07, 6.45) is 2.97. The van der Waals surface area contributed by atoms with Gasteiger partial charge >= 0.3 is 0 Å². The number of nitrogens with zero attached hydrogens (tertiary/aromatic N) is 2. The van der Waals surface area contributed by atoms with E-state index in [0.717, 1.165) is 27.7 Å². The summed E-state index contributed by atoms with van der Waals surface area (Å²) in [5, 5.41) is 4.30. The molecule has 2 heterocycles. The van der Waals surface area contributed by atoms with E-state index in [4.69, 9.17) is 0 Å². The molecule has 0 amide bonds. The number of rotatable bonds is 5. The molecule has 0 spiro atoms. The van der Waals surface area contributed by atoms with Crippen LogP contribution in [-0.4, -0.2) is 17.0 Å². The second-order valence-electron chi connectivity index (χ2n) is 4.89. The van der Waals surface area contributed by atoms with E-state index >= 15 is 0 Å². The van der Waals surface area contributed by atoms with E-state index in [1.165, 1.54) is 5.56 Å². The average molecular weight is 287 g/mol. The van der Waals surface area contributed by atoms with Crippen molar-refractivity contribution in [3.63, 3.8) is 0 Å². The summed E-state index contributed by atoms with van der Waals surface area (Å²) in [5.41, 5.74) is 3.39. The van der Waals surface area contributed by atoms with Crippen LogP contribution in [0.5, 0.6) is 0 Å². The quantitative estimate of drug-likeness (QED) is 0.904. The van der Waals surface area contributed by atoms with Gasteiger partial charge in [-0.3, -0.25) is 4.98 Å². The molecule has 0 aliphatic rings. The van der Waals surface area contributed by atoms with E-state index < -0.39 is 0 Å². The van der Waals surface area contributed by atoms with Crippen molar-refractivity contribution in [2.45, 2.75) is 43.2 Å². The predicted octanol–water partition coefficient (Wildman–Crippen LogP) is 3.92. The van der Waals surface area contributed by atoms with Gasteiger partial charge in [-0.15, -0.1) is 0 Å². The van der Waals surface area contributed by atoms with Crippen molar-refractivity contribution in [3.8, 4) is 0 Å². The number of aromatic nitrogens is 2. The Bertz CT molecular complexity index is 542. The molecule has 0 aliphatic heterocycles. The highest BCUT2D eigenvalue weighted by Gasteiger charge is 2.08. The van der Waals surface area contributed by atoms with Crippen molar-refractivity contribution in [2.24, 2.45) is 0 Å². The molecular formula is C16H21N3S. The number of pyridine rings is 2. The summed E-state index contributed by atoms with van der Waals surface area (Å²) < 4.78 is 0. The molecule has 2 aromatic heterocycles. The van der Waals surface area contributed by atoms with Gasteiger partial charge in [0, 0.05) is 22.8 Å². The van der Waals surface area contributed by atoms with Gasteiger partial charge in [-0.1, -0.05) is 18.7 Å². The van der Waals surface area contributed by atoms with Crippen LogP contribution in [-0.2, 0) is 0 Å². The molecule has 1 atom stereocenters. The minimum Gasteiger partial charge on any atom is -0.312 e. The third-order valence-corrected chi connectivity index (χ3v) is 4.07. The zero-order valence-electron chi connectivity index (χ0n) is 12.5. The van der Waals surface area contributed by atoms with Crippen LogP contribution in [0.4, 0.5) is 0 Å². The molecule has 4 heteroatoms. The lowest BCUT2D eigenvalue weighted by Crippen LogP contribution is -2.16. The molecule has 1 N–H and O–H groups in total. The lowest BCUT2D eigenvalue weighted by atomic mass is 10.1. The fourth-order valence-corrected chi connectivity index (χ4v) is 3.11. The summed E-state index contributed by atoms with van der Waals surface area (Å²) >= 11 is 1.66. The number of hydrogen-bond acceptors (Lipinski definition) is 4. The smallest absolute Gasteiger partial charge is 0.101 e. The standard InChI is InChI=1S/C16H21N3S/c1-5-14(17-4)15-7-6-13(10-18-15)20-16-9-11(2)8-12(3)19-16/h6-10,14,17H,5H2,1-4H3. The number of aryl methyl sites for hydroxylation is 2. The van der Waals surface area contributed by atoms with Gasteiger partial charge < -0.3 is 5.32 Å². The maximum absolute atomic E-state index is 4.55. The zero-order valence-corrected chi connectivity index (χ0v) is 13.3. The van der Waals surface area contributed by atoms with Crippen LogP contribution in [0.1, 0.15) is 36.3 Å². The number of hydrogen-bond donors (Lipinski definition) is 1. The third-order valence-electron chi connectivity index (χ3n) is 3.17. The molecule has 0 saturated heterocycles. The highest BCUT2D eigenvalue weighted by atomic mass is 32.2. The Hall–Kier alpha value is -1.39. The Morgan fingerprint density at radius 2 is 2.05 bits per heavy atom. The van der Waals surface area contributed by atoms with Crippen molar-refractivity contribution in [3.05, 3.63) is 47.4 Å². The molecule has 2 aromatic rings. The minimum absolute atomic E-state index is 0.327. The monoisotopic (exact) mass is 287 g/mol. The second kappa shape index (κ2) is 6.86. The van der Waals surface area contributed by atoms with Gasteiger partial charge in [-0.05, 0) is 57.1 Å². The van der Waals surface area contributed by atoms with Gasteiger partial charge in [-0.25, -0.2) is 4.98 Å². The average Bonchev–Trinajstić information content (AvgIpc) is 2.41. The molecular weight excluding hydrogens is 266 g/mol. The SMILES string of the molecule is CCC(NC)c1ccc(Sc2cc(C)cc(C)n2)cn1. The Kier molecular flexibility index (Phi) is 5.15. The Morgan fingerprint density at radius 1 is 1.25 bits per heavy atom. The highest BCUT2D eigenvalue weighted by molar-refractivity contribution is 7.99. The first kappa shape index (κ1) is 15.0. The highest BCUT2D eigenvalue weighted by Crippen LogP contribution is 2.27. The maximum atomic E-state index is 4.55. The zero-order chi connectivity index (χ0) is 14.5. The summed E-state index contributed by atoms with van der Waals surface area (Å²) in [4.78, 5) is 10.2. The fourth-order valence-electron chi connectivity index (χ4n) is 2.20. The largest absolute Gasteiger partial charge is 0.312 e. The summed E-state index contributed by atoms with van der Waals surface area (Å²) in [5.74, 6) is 0. The fraction of sp³-hybridized carbons (Fsp3) is 0.375. The summed E-state index contributed by atoms with van der Waals surface area (Å²) in [6.45, 7) is 6.28. The predicted molar refractivity (Wildman–Crippen MR) is 84.2 cm³/mol. The minimum atomic E-state index is 0.327. The topological polar surface area (TPSA) is 37.8 Å². The molecule has 1 unspecified atom stereocenters. The van der Waals surface area contributed by atoms with E-state index in [1.807, 2.05) is 20.2 Å². The van der Waals surface area contributed by atoms with Crippen molar-refractivity contribution in [1.82, 2.24) is 15.3 Å². The maximum Gasteiger partial charge on any atom is 0.101 e. The van der Waals surface area contributed by atoms with Crippen LogP contribution in [0.15, 0.2) is 40.4 Å². The third kappa shape index (κ3) is 3.81. The molecule has 0 aromatic carbocycles. The van der Waals surface area contributed by atoms with Gasteiger partial charge in [-0.2, -0.15) is 0 Å². The van der Waals surface area contributed by atoms with Crippen LogP contribution in [0, 0.1) is 13.8 Å². The molecule has 20 heavy (non-hydrogen) atoms. The normalized spacial score (nSPS) is 12.4. The van der Waals surface area contributed by atoms with Gasteiger partial charge in [0.2, 0.25) is 0 Å². The molecule has 0 saturated carbocycles. The van der Waals surface area contributed by atoms with Crippen LogP contribution < -0.4 is 5.32 Å². The first-order valence-electron chi connectivity index (χ1n) is 6.88. The van der Waals surface area contributed by atoms with Crippen LogP contribution in [0.25, 0.3) is 0 Å². The molecule has 0 bridgehead atoms. The van der Waals surface area contributed by atoms with E-state index in [9.17, 15) is 0 Å². The van der Waals surface area contributed by atoms with E-state index in [0.29, 0.717) is 6.04 Å². The molecule has 2 rings (SSSR count). The summed E-state index contributed by atoms with van der Waals surface area (Å²) in [7, 11) is 1.97. The van der Waals surface area contributed by atoms with Crippen molar-refractivity contribution in [1.29, 1.82) is 0 Å². The first-order chi connectivity index (χ1) is 9.62. The van der Waals surface area contributed by atoms with Crippen LogP contribution in [0.3, 0.4) is 0 Å². The lowest BCUT2D eigenvalue weighted by molar-refractivity contribution is 0.561. The van der Waals surface area contributed by atoms with Gasteiger partial charge in [0.25, 0.3) is 0 Å². The van der Waals surface area contributed by atoms with Crippen molar-refractivity contribution < 1.29 is 0 Å². The van der Waals surface area contributed by atoms with Gasteiger partial charge in [0.1, 0.15) is 5.03 Å². The molecule has 0 aliphatic carbocycles. The van der Waals surface area contributed by atoms with Crippen molar-refractivity contribution >= 4 is 11.8 Å². The first-order valence-corrected chi connectivity index (χ1v) is 7.70. The molecule has 106 valence electrons. The molecule has 3 nitrogen and oxygen atoms in total. The summed E-state index contributed by atoms with van der Waals surface area (Å²) in [6, 6.07) is 8.73. The second-order valence-corrected chi connectivity index (χ2v) is 5.99. The molecule has 0 fully saturated rings. The van der Waals surface area contributed by atoms with Crippen LogP contribution in [0.2, 0.25) is 0 Å². The van der Waals surface area contributed by atoms with Crippen molar-refractivity contribution in [2.75, 3.05) is 7.05 Å². The van der Waals surface area contributed by atoms with Crippen LogP contribution >= 0.6 is 11.8 Å². The molecule has 0 radical (unpaired) electrons. The van der Waals surface area contributed by atoms with Gasteiger partial charge in [0.05, 0.1) is 5.69 Å². The van der Waals surface area contributed by atoms with Gasteiger partial charge in [0.15, 0.2) is 0 Å². The van der Waals surface area contributed by atoms with E-state index in [2.05, 4.69) is 53.4 Å². The Morgan fingerprint density at radius 3 is 2.60 bits per heavy atom.